The van der Waals surface area contributed by atoms with Crippen LogP contribution in [0.3, 0.4) is 0 Å². The quantitative estimate of drug-likeness (QED) is 0.362. The highest BCUT2D eigenvalue weighted by Gasteiger charge is 2.22. The molecule has 1 amide bonds. The predicted octanol–water partition coefficient (Wildman–Crippen LogP) is 2.15. The molecule has 0 aromatic heterocycles. The molecule has 0 unspecified atom stereocenters. The van der Waals surface area contributed by atoms with Gasteiger partial charge in [0, 0.05) is 6.54 Å². The first kappa shape index (κ1) is 24.2. The van der Waals surface area contributed by atoms with Crippen LogP contribution in [0, 0.1) is 0 Å². The standard InChI is InChI=1S/C18H34N2O6/c1-17(2,3)25-14(21)12-20-13(15(22)24-7)10-8-9-11-19-16(23)26-18(4,5)6/h13,20H,8-12H2,1-7H3,(H,19,23)/t13-/m0/s1. The summed E-state index contributed by atoms with van der Waals surface area (Å²) in [7, 11) is 1.30. The zero-order valence-electron chi connectivity index (χ0n) is 17.1. The Labute approximate surface area is 156 Å². The second-order valence-electron chi connectivity index (χ2n) is 7.97. The summed E-state index contributed by atoms with van der Waals surface area (Å²) in [5.74, 6) is -0.869. The minimum Gasteiger partial charge on any atom is -0.468 e. The summed E-state index contributed by atoms with van der Waals surface area (Å²) in [5.41, 5.74) is -1.11. The number of esters is 2. The van der Waals surface area contributed by atoms with Gasteiger partial charge < -0.3 is 19.5 Å². The average molecular weight is 374 g/mol. The van der Waals surface area contributed by atoms with E-state index in [1.54, 1.807) is 41.5 Å². The molecule has 0 heterocycles. The largest absolute Gasteiger partial charge is 0.468 e. The molecule has 0 rings (SSSR count). The van der Waals surface area contributed by atoms with E-state index in [1.807, 2.05) is 0 Å². The van der Waals surface area contributed by atoms with Crippen molar-refractivity contribution in [3.63, 3.8) is 0 Å². The third-order valence-electron chi connectivity index (χ3n) is 2.99. The molecule has 8 nitrogen and oxygen atoms in total. The molecule has 0 bridgehead atoms. The topological polar surface area (TPSA) is 103 Å². The Hall–Kier alpha value is -1.83. The SMILES string of the molecule is COC(=O)[C@H](CCCCNC(=O)OC(C)(C)C)NCC(=O)OC(C)(C)C. The third-order valence-corrected chi connectivity index (χ3v) is 2.99. The number of rotatable bonds is 9. The molecule has 152 valence electrons. The molecule has 0 aliphatic carbocycles. The van der Waals surface area contributed by atoms with Crippen LogP contribution in [-0.2, 0) is 23.8 Å². The van der Waals surface area contributed by atoms with E-state index in [-0.39, 0.29) is 6.54 Å². The Morgan fingerprint density at radius 1 is 0.923 bits per heavy atom. The van der Waals surface area contributed by atoms with Gasteiger partial charge in [-0.2, -0.15) is 0 Å². The molecule has 0 radical (unpaired) electrons. The minimum absolute atomic E-state index is 0.0762. The number of hydrogen-bond donors (Lipinski definition) is 2. The molecular weight excluding hydrogens is 340 g/mol. The molecule has 0 saturated carbocycles. The highest BCUT2D eigenvalue weighted by atomic mass is 16.6. The first-order chi connectivity index (χ1) is 11.8. The van der Waals surface area contributed by atoms with E-state index in [1.165, 1.54) is 7.11 Å². The second kappa shape index (κ2) is 11.0. The lowest BCUT2D eigenvalue weighted by atomic mass is 10.1. The maximum absolute atomic E-state index is 11.8. The van der Waals surface area contributed by atoms with Crippen LogP contribution in [0.5, 0.6) is 0 Å². The fourth-order valence-electron chi connectivity index (χ4n) is 2.01. The van der Waals surface area contributed by atoms with E-state index < -0.39 is 35.3 Å². The summed E-state index contributed by atoms with van der Waals surface area (Å²) < 4.78 is 15.1. The number of ether oxygens (including phenoxy) is 3. The van der Waals surface area contributed by atoms with Gasteiger partial charge in [0.2, 0.25) is 0 Å². The smallest absolute Gasteiger partial charge is 0.407 e. The van der Waals surface area contributed by atoms with Crippen molar-refractivity contribution in [3.05, 3.63) is 0 Å². The highest BCUT2D eigenvalue weighted by Crippen LogP contribution is 2.08. The number of amides is 1. The normalized spacial score (nSPS) is 12.9. The van der Waals surface area contributed by atoms with Crippen LogP contribution in [0.25, 0.3) is 0 Å². The van der Waals surface area contributed by atoms with Gasteiger partial charge in [-0.05, 0) is 60.8 Å². The van der Waals surface area contributed by atoms with Gasteiger partial charge in [-0.15, -0.1) is 0 Å². The van der Waals surface area contributed by atoms with Gasteiger partial charge in [0.05, 0.1) is 13.7 Å². The van der Waals surface area contributed by atoms with Crippen molar-refractivity contribution in [2.75, 3.05) is 20.2 Å². The lowest BCUT2D eigenvalue weighted by molar-refractivity contribution is -0.154. The van der Waals surface area contributed by atoms with E-state index in [9.17, 15) is 14.4 Å². The predicted molar refractivity (Wildman–Crippen MR) is 97.7 cm³/mol. The summed E-state index contributed by atoms with van der Waals surface area (Å²) >= 11 is 0. The lowest BCUT2D eigenvalue weighted by Gasteiger charge is -2.21. The van der Waals surface area contributed by atoms with E-state index >= 15 is 0 Å². The van der Waals surface area contributed by atoms with Crippen molar-refractivity contribution < 1.29 is 28.6 Å². The Bertz CT molecular complexity index is 465. The number of hydrogen-bond acceptors (Lipinski definition) is 7. The summed E-state index contributed by atoms with van der Waals surface area (Å²) in [6.45, 7) is 11.1. The average Bonchev–Trinajstić information content (AvgIpc) is 2.45. The number of carbonyl (C=O) groups is 3. The number of carbonyl (C=O) groups excluding carboxylic acids is 3. The van der Waals surface area contributed by atoms with E-state index in [2.05, 4.69) is 10.6 Å². The first-order valence-electron chi connectivity index (χ1n) is 8.84. The molecule has 0 fully saturated rings. The molecule has 8 heteroatoms. The van der Waals surface area contributed by atoms with Gasteiger partial charge >= 0.3 is 18.0 Å². The van der Waals surface area contributed by atoms with Crippen LogP contribution in [0.1, 0.15) is 60.8 Å². The third kappa shape index (κ3) is 13.5. The fraction of sp³-hybridized carbons (Fsp3) is 0.833. The molecule has 0 aliphatic rings. The molecule has 0 spiro atoms. The highest BCUT2D eigenvalue weighted by molar-refractivity contribution is 5.77. The van der Waals surface area contributed by atoms with Gasteiger partial charge in [-0.25, -0.2) is 4.79 Å². The van der Waals surface area contributed by atoms with Crippen molar-refractivity contribution in [1.82, 2.24) is 10.6 Å². The van der Waals surface area contributed by atoms with Crippen LogP contribution in [0.15, 0.2) is 0 Å². The summed E-state index contributed by atoms with van der Waals surface area (Å²) in [5, 5.41) is 5.52. The van der Waals surface area contributed by atoms with Crippen LogP contribution in [0.4, 0.5) is 4.79 Å². The Morgan fingerprint density at radius 2 is 1.50 bits per heavy atom. The molecule has 0 aliphatic heterocycles. The van der Waals surface area contributed by atoms with Crippen LogP contribution < -0.4 is 10.6 Å². The monoisotopic (exact) mass is 374 g/mol. The Balaban J connectivity index is 4.18. The van der Waals surface area contributed by atoms with Crippen LogP contribution in [-0.4, -0.2) is 55.5 Å². The van der Waals surface area contributed by atoms with Gasteiger partial charge in [-0.3, -0.25) is 14.9 Å². The maximum Gasteiger partial charge on any atom is 0.407 e. The fourth-order valence-corrected chi connectivity index (χ4v) is 2.01. The van der Waals surface area contributed by atoms with E-state index in [4.69, 9.17) is 14.2 Å². The Kier molecular flexibility index (Phi) is 10.2. The molecule has 1 atom stereocenters. The maximum atomic E-state index is 11.8. The zero-order valence-corrected chi connectivity index (χ0v) is 17.1. The molecular formula is C18H34N2O6. The Morgan fingerprint density at radius 3 is 2.00 bits per heavy atom. The van der Waals surface area contributed by atoms with Crippen molar-refractivity contribution in [3.8, 4) is 0 Å². The number of methoxy groups -OCH3 is 1. The molecule has 26 heavy (non-hydrogen) atoms. The van der Waals surface area contributed by atoms with Gasteiger partial charge in [0.1, 0.15) is 17.2 Å². The van der Waals surface area contributed by atoms with Crippen molar-refractivity contribution in [1.29, 1.82) is 0 Å². The number of unbranched alkanes of at least 4 members (excludes halogenated alkanes) is 1. The molecule has 0 saturated heterocycles. The van der Waals surface area contributed by atoms with Crippen molar-refractivity contribution >= 4 is 18.0 Å². The molecule has 2 N–H and O–H groups in total. The number of nitrogens with one attached hydrogen (secondary N) is 2. The summed E-state index contributed by atoms with van der Waals surface area (Å²) in [4.78, 5) is 35.1. The lowest BCUT2D eigenvalue weighted by Crippen LogP contribution is -2.42. The van der Waals surface area contributed by atoms with Gasteiger partial charge in [0.15, 0.2) is 0 Å². The first-order valence-corrected chi connectivity index (χ1v) is 8.84. The van der Waals surface area contributed by atoms with Gasteiger partial charge in [-0.1, -0.05) is 0 Å². The van der Waals surface area contributed by atoms with Gasteiger partial charge in [0.25, 0.3) is 0 Å². The molecule has 0 aromatic rings. The van der Waals surface area contributed by atoms with Crippen molar-refractivity contribution in [2.45, 2.75) is 78.0 Å². The molecule has 0 aromatic carbocycles. The van der Waals surface area contributed by atoms with E-state index in [0.717, 1.165) is 0 Å². The van der Waals surface area contributed by atoms with Crippen LogP contribution in [0.2, 0.25) is 0 Å². The van der Waals surface area contributed by atoms with E-state index in [0.29, 0.717) is 25.8 Å². The van der Waals surface area contributed by atoms with Crippen LogP contribution >= 0.6 is 0 Å². The zero-order chi connectivity index (χ0) is 20.4. The number of alkyl carbamates (subject to hydrolysis) is 1. The second-order valence-corrected chi connectivity index (χ2v) is 7.97. The van der Waals surface area contributed by atoms with Crippen molar-refractivity contribution in [2.24, 2.45) is 0 Å². The summed E-state index contributed by atoms with van der Waals surface area (Å²) in [6.07, 6.45) is 1.34. The summed E-state index contributed by atoms with van der Waals surface area (Å²) in [6, 6.07) is -0.603. The minimum atomic E-state index is -0.603.